The van der Waals surface area contributed by atoms with Crippen molar-refractivity contribution >= 4 is 23.7 Å². The average molecular weight is 289 g/mol. The van der Waals surface area contributed by atoms with Crippen LogP contribution in [-0.4, -0.2) is 17.2 Å². The van der Waals surface area contributed by atoms with Gasteiger partial charge in [0, 0.05) is 5.02 Å². The Labute approximate surface area is 121 Å². The van der Waals surface area contributed by atoms with Gasteiger partial charge in [-0.2, -0.15) is 5.10 Å². The van der Waals surface area contributed by atoms with E-state index < -0.39 is 12.0 Å². The monoisotopic (exact) mass is 288 g/mol. The minimum absolute atomic E-state index is 0.520. The number of carbonyl (C=O) groups excluding carboxylic acids is 1. The first kappa shape index (κ1) is 14.2. The van der Waals surface area contributed by atoms with Crippen molar-refractivity contribution in [2.75, 3.05) is 0 Å². The van der Waals surface area contributed by atoms with Crippen molar-refractivity contribution in [3.05, 3.63) is 70.7 Å². The molecule has 102 valence electrons. The topological polar surface area (TPSA) is 61.7 Å². The van der Waals surface area contributed by atoms with E-state index in [1.165, 1.54) is 6.21 Å². The molecule has 0 unspecified atom stereocenters. The summed E-state index contributed by atoms with van der Waals surface area (Å²) in [4.78, 5) is 11.7. The van der Waals surface area contributed by atoms with E-state index in [0.29, 0.717) is 10.6 Å². The second kappa shape index (κ2) is 6.84. The van der Waals surface area contributed by atoms with Gasteiger partial charge in [0.25, 0.3) is 5.91 Å². The molecule has 0 aliphatic heterocycles. The van der Waals surface area contributed by atoms with E-state index in [4.69, 9.17) is 11.6 Å². The van der Waals surface area contributed by atoms with E-state index in [1.807, 2.05) is 6.07 Å². The van der Waals surface area contributed by atoms with Crippen LogP contribution in [0.4, 0.5) is 0 Å². The van der Waals surface area contributed by atoms with E-state index in [2.05, 4.69) is 10.5 Å². The van der Waals surface area contributed by atoms with Gasteiger partial charge in [0.15, 0.2) is 6.10 Å². The molecule has 0 spiro atoms. The molecule has 0 bridgehead atoms. The van der Waals surface area contributed by atoms with Gasteiger partial charge >= 0.3 is 0 Å². The molecule has 0 aromatic heterocycles. The largest absolute Gasteiger partial charge is 0.378 e. The van der Waals surface area contributed by atoms with Crippen LogP contribution >= 0.6 is 11.6 Å². The molecule has 0 saturated carbocycles. The quantitative estimate of drug-likeness (QED) is 0.671. The lowest BCUT2D eigenvalue weighted by molar-refractivity contribution is -0.129. The maximum Gasteiger partial charge on any atom is 0.273 e. The standard InChI is InChI=1S/C15H13ClN2O2/c16-13-8-6-11(7-9-13)10-17-18-15(20)14(19)12-4-2-1-3-5-12/h1-10,14,19H,(H,18,20)/t14-/m1/s1. The van der Waals surface area contributed by atoms with E-state index >= 15 is 0 Å². The third-order valence-electron chi connectivity index (χ3n) is 2.62. The highest BCUT2D eigenvalue weighted by Crippen LogP contribution is 2.11. The molecule has 0 saturated heterocycles. The van der Waals surface area contributed by atoms with E-state index in [-0.39, 0.29) is 0 Å². The van der Waals surface area contributed by atoms with Gasteiger partial charge in [-0.1, -0.05) is 54.1 Å². The fourth-order valence-electron chi connectivity index (χ4n) is 1.57. The molecule has 1 atom stereocenters. The normalized spacial score (nSPS) is 12.3. The van der Waals surface area contributed by atoms with Gasteiger partial charge in [0.1, 0.15) is 0 Å². The summed E-state index contributed by atoms with van der Waals surface area (Å²) in [7, 11) is 0. The number of amides is 1. The zero-order valence-corrected chi connectivity index (χ0v) is 11.3. The molecule has 2 aromatic rings. The molecule has 0 heterocycles. The number of rotatable bonds is 4. The smallest absolute Gasteiger partial charge is 0.273 e. The molecule has 20 heavy (non-hydrogen) atoms. The van der Waals surface area contributed by atoms with Crippen molar-refractivity contribution in [3.8, 4) is 0 Å². The highest BCUT2D eigenvalue weighted by molar-refractivity contribution is 6.30. The Kier molecular flexibility index (Phi) is 4.87. The van der Waals surface area contributed by atoms with Crippen LogP contribution in [0.2, 0.25) is 5.02 Å². The Bertz CT molecular complexity index is 597. The second-order valence-electron chi connectivity index (χ2n) is 4.10. The van der Waals surface area contributed by atoms with E-state index in [0.717, 1.165) is 5.56 Å². The summed E-state index contributed by atoms with van der Waals surface area (Å²) in [6.07, 6.45) is 0.241. The third-order valence-corrected chi connectivity index (χ3v) is 2.87. The molecule has 0 aliphatic carbocycles. The third kappa shape index (κ3) is 3.91. The number of hydrogen-bond acceptors (Lipinski definition) is 3. The molecule has 0 aliphatic rings. The van der Waals surface area contributed by atoms with Crippen molar-refractivity contribution < 1.29 is 9.90 Å². The molecular formula is C15H13ClN2O2. The first-order valence-electron chi connectivity index (χ1n) is 5.98. The van der Waals surface area contributed by atoms with Gasteiger partial charge in [-0.05, 0) is 23.3 Å². The average Bonchev–Trinajstić information content (AvgIpc) is 2.49. The Morgan fingerprint density at radius 1 is 1.15 bits per heavy atom. The Hall–Kier alpha value is -2.17. The van der Waals surface area contributed by atoms with Crippen LogP contribution in [-0.2, 0) is 4.79 Å². The maximum absolute atomic E-state index is 11.7. The number of nitrogens with one attached hydrogen (secondary N) is 1. The summed E-state index contributed by atoms with van der Waals surface area (Å²) in [5.74, 6) is -0.582. The summed E-state index contributed by atoms with van der Waals surface area (Å²) in [6.45, 7) is 0. The van der Waals surface area contributed by atoms with Gasteiger partial charge in [0.2, 0.25) is 0 Å². The number of carbonyl (C=O) groups is 1. The number of hydrogen-bond donors (Lipinski definition) is 2. The number of aliphatic hydroxyl groups excluding tert-OH is 1. The van der Waals surface area contributed by atoms with Crippen LogP contribution in [0, 0.1) is 0 Å². The fraction of sp³-hybridized carbons (Fsp3) is 0.0667. The van der Waals surface area contributed by atoms with Crippen LogP contribution in [0.15, 0.2) is 59.7 Å². The van der Waals surface area contributed by atoms with Crippen molar-refractivity contribution in [2.24, 2.45) is 5.10 Å². The Morgan fingerprint density at radius 3 is 2.45 bits per heavy atom. The van der Waals surface area contributed by atoms with Crippen molar-refractivity contribution in [1.82, 2.24) is 5.43 Å². The SMILES string of the molecule is O=C(NN=Cc1ccc(Cl)cc1)[C@H](O)c1ccccc1. The number of benzene rings is 2. The van der Waals surface area contributed by atoms with Crippen LogP contribution < -0.4 is 5.43 Å². The predicted molar refractivity (Wildman–Crippen MR) is 78.6 cm³/mol. The minimum Gasteiger partial charge on any atom is -0.378 e. The minimum atomic E-state index is -1.24. The molecule has 2 N–H and O–H groups in total. The first-order chi connectivity index (χ1) is 9.66. The fourth-order valence-corrected chi connectivity index (χ4v) is 1.69. The van der Waals surface area contributed by atoms with Gasteiger partial charge in [-0.25, -0.2) is 5.43 Å². The summed E-state index contributed by atoms with van der Waals surface area (Å²) in [6, 6.07) is 15.7. The van der Waals surface area contributed by atoms with Gasteiger partial charge in [-0.3, -0.25) is 4.79 Å². The van der Waals surface area contributed by atoms with Gasteiger partial charge in [0.05, 0.1) is 6.21 Å². The first-order valence-corrected chi connectivity index (χ1v) is 6.36. The van der Waals surface area contributed by atoms with Gasteiger partial charge in [-0.15, -0.1) is 0 Å². The zero-order valence-electron chi connectivity index (χ0n) is 10.5. The lowest BCUT2D eigenvalue weighted by Gasteiger charge is -2.08. The summed E-state index contributed by atoms with van der Waals surface area (Å²) < 4.78 is 0. The number of nitrogens with zero attached hydrogens (tertiary/aromatic N) is 1. The van der Waals surface area contributed by atoms with Crippen LogP contribution in [0.1, 0.15) is 17.2 Å². The molecule has 2 aromatic carbocycles. The predicted octanol–water partition coefficient (Wildman–Crippen LogP) is 2.52. The Balaban J connectivity index is 1.93. The van der Waals surface area contributed by atoms with Crippen molar-refractivity contribution in [1.29, 1.82) is 0 Å². The lowest BCUT2D eigenvalue weighted by Crippen LogP contribution is -2.25. The zero-order chi connectivity index (χ0) is 14.4. The Morgan fingerprint density at radius 2 is 1.80 bits per heavy atom. The summed E-state index contributed by atoms with van der Waals surface area (Å²) in [5.41, 5.74) is 3.61. The highest BCUT2D eigenvalue weighted by Gasteiger charge is 2.15. The van der Waals surface area contributed by atoms with Gasteiger partial charge < -0.3 is 5.11 Å². The number of halogens is 1. The summed E-state index contributed by atoms with van der Waals surface area (Å²) >= 11 is 5.76. The van der Waals surface area contributed by atoms with Crippen molar-refractivity contribution in [2.45, 2.75) is 6.10 Å². The summed E-state index contributed by atoms with van der Waals surface area (Å²) in [5, 5.41) is 14.2. The van der Waals surface area contributed by atoms with Crippen LogP contribution in [0.25, 0.3) is 0 Å². The number of hydrazone groups is 1. The molecular weight excluding hydrogens is 276 g/mol. The van der Waals surface area contributed by atoms with Crippen LogP contribution in [0.5, 0.6) is 0 Å². The van der Waals surface area contributed by atoms with E-state index in [1.54, 1.807) is 48.5 Å². The molecule has 5 heteroatoms. The molecule has 1 amide bonds. The van der Waals surface area contributed by atoms with E-state index in [9.17, 15) is 9.90 Å². The lowest BCUT2D eigenvalue weighted by atomic mass is 10.1. The second-order valence-corrected chi connectivity index (χ2v) is 4.54. The number of aliphatic hydroxyl groups is 1. The molecule has 2 rings (SSSR count). The highest BCUT2D eigenvalue weighted by atomic mass is 35.5. The van der Waals surface area contributed by atoms with Crippen LogP contribution in [0.3, 0.4) is 0 Å². The van der Waals surface area contributed by atoms with Crippen molar-refractivity contribution in [3.63, 3.8) is 0 Å². The molecule has 0 fully saturated rings. The molecule has 4 nitrogen and oxygen atoms in total. The molecule has 0 radical (unpaired) electrons. The maximum atomic E-state index is 11.7.